The van der Waals surface area contributed by atoms with Crippen LogP contribution >= 0.6 is 0 Å². The van der Waals surface area contributed by atoms with Gasteiger partial charge in [-0.2, -0.15) is 0 Å². The predicted molar refractivity (Wildman–Crippen MR) is 74.7 cm³/mol. The fourth-order valence-electron chi connectivity index (χ4n) is 1.91. The molecule has 0 fully saturated rings. The van der Waals surface area contributed by atoms with Gasteiger partial charge in [-0.25, -0.2) is 4.99 Å². The van der Waals surface area contributed by atoms with E-state index in [9.17, 15) is 0 Å². The first-order valence-electron chi connectivity index (χ1n) is 6.16. The minimum Gasteiger partial charge on any atom is -0.481 e. The van der Waals surface area contributed by atoms with E-state index in [2.05, 4.69) is 42.9 Å². The lowest BCUT2D eigenvalue weighted by Gasteiger charge is -2.21. The maximum absolute atomic E-state index is 5.28. The van der Waals surface area contributed by atoms with E-state index in [0.717, 1.165) is 5.69 Å². The van der Waals surface area contributed by atoms with E-state index in [0.29, 0.717) is 5.90 Å². The van der Waals surface area contributed by atoms with Gasteiger partial charge in [-0.15, -0.1) is 0 Å². The molecule has 1 aliphatic heterocycles. The number of hydrogen-bond donors (Lipinski definition) is 1. The number of methoxy groups -OCH3 is 1. The Labute approximate surface area is 108 Å². The zero-order valence-corrected chi connectivity index (χ0v) is 11.4. The summed E-state index contributed by atoms with van der Waals surface area (Å²) in [5.74, 6) is 0.658. The predicted octanol–water partition coefficient (Wildman–Crippen LogP) is 3.64. The fourth-order valence-corrected chi connectivity index (χ4v) is 1.91. The van der Waals surface area contributed by atoms with Gasteiger partial charge in [0.2, 0.25) is 5.90 Å². The maximum Gasteiger partial charge on any atom is 0.209 e. The summed E-state index contributed by atoms with van der Waals surface area (Å²) in [7, 11) is 1.65. The fraction of sp³-hybridized carbons (Fsp3) is 0.400. The van der Waals surface area contributed by atoms with Crippen LogP contribution in [0.4, 0.5) is 0 Å². The van der Waals surface area contributed by atoms with Crippen molar-refractivity contribution in [2.45, 2.75) is 26.8 Å². The summed E-state index contributed by atoms with van der Waals surface area (Å²) in [6.45, 7) is 6.60. The van der Waals surface area contributed by atoms with Crippen molar-refractivity contribution in [1.29, 1.82) is 0 Å². The van der Waals surface area contributed by atoms with Crippen LogP contribution in [0, 0.1) is 5.41 Å². The van der Waals surface area contributed by atoms with Crippen LogP contribution in [0.5, 0.6) is 0 Å². The van der Waals surface area contributed by atoms with Crippen LogP contribution in [0.25, 0.3) is 0 Å². The van der Waals surface area contributed by atoms with Gasteiger partial charge < -0.3 is 9.72 Å². The topological polar surface area (TPSA) is 37.4 Å². The van der Waals surface area contributed by atoms with Crippen LogP contribution in [-0.4, -0.2) is 18.0 Å². The summed E-state index contributed by atoms with van der Waals surface area (Å²) in [5.41, 5.74) is 2.44. The molecule has 1 atom stereocenters. The first kappa shape index (κ1) is 12.7. The molecule has 18 heavy (non-hydrogen) atoms. The lowest BCUT2D eigenvalue weighted by Crippen LogP contribution is -2.08. The molecule has 3 heteroatoms. The van der Waals surface area contributed by atoms with Crippen molar-refractivity contribution in [1.82, 2.24) is 4.98 Å². The largest absolute Gasteiger partial charge is 0.481 e. The van der Waals surface area contributed by atoms with E-state index >= 15 is 0 Å². The Bertz CT molecular complexity index is 487. The number of H-pyrrole nitrogens is 1. The Kier molecular flexibility index (Phi) is 3.41. The van der Waals surface area contributed by atoms with Crippen LogP contribution in [0.2, 0.25) is 0 Å². The van der Waals surface area contributed by atoms with Gasteiger partial charge in [0.25, 0.3) is 0 Å². The van der Waals surface area contributed by atoms with E-state index in [1.807, 2.05) is 24.4 Å². The zero-order chi connectivity index (χ0) is 13.2. The first-order chi connectivity index (χ1) is 8.50. The highest BCUT2D eigenvalue weighted by molar-refractivity contribution is 5.88. The van der Waals surface area contributed by atoms with Crippen molar-refractivity contribution in [3.63, 3.8) is 0 Å². The summed E-state index contributed by atoms with van der Waals surface area (Å²) < 4.78 is 5.28. The smallest absolute Gasteiger partial charge is 0.209 e. The van der Waals surface area contributed by atoms with Crippen molar-refractivity contribution in [2.75, 3.05) is 7.11 Å². The highest BCUT2D eigenvalue weighted by atomic mass is 16.5. The molecule has 1 aromatic heterocycles. The van der Waals surface area contributed by atoms with Crippen molar-refractivity contribution >= 4 is 5.90 Å². The van der Waals surface area contributed by atoms with E-state index in [1.54, 1.807) is 7.11 Å². The van der Waals surface area contributed by atoms with Crippen molar-refractivity contribution in [2.24, 2.45) is 10.4 Å². The number of aromatic amines is 1. The Hall–Kier alpha value is -1.77. The number of aromatic nitrogens is 1. The van der Waals surface area contributed by atoms with Gasteiger partial charge in [0.05, 0.1) is 7.11 Å². The number of rotatable bonds is 1. The van der Waals surface area contributed by atoms with E-state index in [-0.39, 0.29) is 11.5 Å². The van der Waals surface area contributed by atoms with E-state index in [1.165, 1.54) is 5.57 Å². The van der Waals surface area contributed by atoms with Crippen LogP contribution in [0.1, 0.15) is 32.5 Å². The lowest BCUT2D eigenvalue weighted by atomic mass is 9.85. The molecule has 2 heterocycles. The summed E-state index contributed by atoms with van der Waals surface area (Å²) in [6.07, 6.45) is 8.12. The molecule has 3 nitrogen and oxygen atoms in total. The molecule has 0 aliphatic carbocycles. The monoisotopic (exact) mass is 244 g/mol. The number of allylic oxidation sites excluding steroid dienone is 2. The zero-order valence-electron chi connectivity index (χ0n) is 11.4. The standard InChI is InChI=1S/C15H20N2O/c1-15(2,3)11-7-8-14(18-4)17-13(10-11)12-6-5-9-16-12/h5-10,13,16H,1-4H3. The quantitative estimate of drug-likeness (QED) is 0.804. The van der Waals surface area contributed by atoms with E-state index < -0.39 is 0 Å². The molecule has 1 N–H and O–H groups in total. The second kappa shape index (κ2) is 4.84. The molecule has 0 amide bonds. The first-order valence-corrected chi connectivity index (χ1v) is 6.16. The van der Waals surface area contributed by atoms with Gasteiger partial charge in [0.15, 0.2) is 0 Å². The molecule has 2 rings (SSSR count). The van der Waals surface area contributed by atoms with Crippen LogP contribution in [0.3, 0.4) is 0 Å². The third-order valence-electron chi connectivity index (χ3n) is 3.03. The lowest BCUT2D eigenvalue weighted by molar-refractivity contribution is 0.403. The molecule has 0 aromatic carbocycles. The van der Waals surface area contributed by atoms with E-state index in [4.69, 9.17) is 4.74 Å². The summed E-state index contributed by atoms with van der Waals surface area (Å²) >= 11 is 0. The molecule has 1 aromatic rings. The van der Waals surface area contributed by atoms with Gasteiger partial charge in [-0.3, -0.25) is 0 Å². The van der Waals surface area contributed by atoms with Crippen molar-refractivity contribution in [3.8, 4) is 0 Å². The molecule has 0 bridgehead atoms. The third-order valence-corrected chi connectivity index (χ3v) is 3.03. The summed E-state index contributed by atoms with van der Waals surface area (Å²) in [5, 5.41) is 0. The number of ether oxygens (including phenoxy) is 1. The van der Waals surface area contributed by atoms with Crippen LogP contribution in [0.15, 0.2) is 47.1 Å². The number of nitrogens with zero attached hydrogens (tertiary/aromatic N) is 1. The molecule has 0 radical (unpaired) electrons. The van der Waals surface area contributed by atoms with Crippen LogP contribution in [-0.2, 0) is 4.74 Å². The number of aliphatic imine (C=N–C) groups is 1. The molecule has 96 valence electrons. The normalized spacial score (nSPS) is 20.1. The number of hydrogen-bond acceptors (Lipinski definition) is 2. The highest BCUT2D eigenvalue weighted by Crippen LogP contribution is 2.32. The molecule has 0 saturated heterocycles. The Balaban J connectivity index is 2.42. The Morgan fingerprint density at radius 2 is 2.06 bits per heavy atom. The number of nitrogens with one attached hydrogen (secondary N) is 1. The Morgan fingerprint density at radius 1 is 1.28 bits per heavy atom. The van der Waals surface area contributed by atoms with Crippen molar-refractivity contribution < 1.29 is 4.74 Å². The summed E-state index contributed by atoms with van der Waals surface area (Å²) in [4.78, 5) is 7.82. The van der Waals surface area contributed by atoms with Gasteiger partial charge in [0.1, 0.15) is 6.04 Å². The molecule has 0 spiro atoms. The average Bonchev–Trinajstić information content (AvgIpc) is 2.73. The van der Waals surface area contributed by atoms with Gasteiger partial charge >= 0.3 is 0 Å². The SMILES string of the molecule is COC1=NC(c2ccc[nH]2)C=C(C(C)(C)C)C=C1. The van der Waals surface area contributed by atoms with Gasteiger partial charge in [0, 0.05) is 18.0 Å². The second-order valence-electron chi connectivity index (χ2n) is 5.45. The molecule has 1 unspecified atom stereocenters. The molecule has 1 aliphatic rings. The maximum atomic E-state index is 5.28. The molecule has 0 saturated carbocycles. The van der Waals surface area contributed by atoms with Gasteiger partial charge in [-0.05, 0) is 23.1 Å². The van der Waals surface area contributed by atoms with Gasteiger partial charge in [-0.1, -0.05) is 32.9 Å². The molecular formula is C15H20N2O. The van der Waals surface area contributed by atoms with Crippen molar-refractivity contribution in [3.05, 3.63) is 47.8 Å². The second-order valence-corrected chi connectivity index (χ2v) is 5.45. The summed E-state index contributed by atoms with van der Waals surface area (Å²) in [6, 6.07) is 4.02. The minimum absolute atomic E-state index is 0.0147. The van der Waals surface area contributed by atoms with Crippen LogP contribution < -0.4 is 0 Å². The highest BCUT2D eigenvalue weighted by Gasteiger charge is 2.20. The Morgan fingerprint density at radius 3 is 2.61 bits per heavy atom. The molecular weight excluding hydrogens is 224 g/mol. The average molecular weight is 244 g/mol. The third kappa shape index (κ3) is 2.73. The minimum atomic E-state index is -0.0147.